The zero-order chi connectivity index (χ0) is 15.7. The van der Waals surface area contributed by atoms with Gasteiger partial charge in [-0.25, -0.2) is 13.1 Å². The summed E-state index contributed by atoms with van der Waals surface area (Å²) in [5.41, 5.74) is -0.0866. The first-order valence-corrected chi connectivity index (χ1v) is 8.17. The van der Waals surface area contributed by atoms with Crippen LogP contribution in [0.15, 0.2) is 23.1 Å². The van der Waals surface area contributed by atoms with E-state index in [2.05, 4.69) is 4.72 Å². The smallest absolute Gasteiger partial charge is 0.305 e. The van der Waals surface area contributed by atoms with E-state index in [1.54, 1.807) is 19.1 Å². The molecular formula is C14H19NO5S. The van der Waals surface area contributed by atoms with Crippen LogP contribution in [0, 0.1) is 6.92 Å². The Hall–Kier alpha value is -1.60. The zero-order valence-electron chi connectivity index (χ0n) is 12.0. The van der Waals surface area contributed by atoms with Gasteiger partial charge in [-0.1, -0.05) is 6.07 Å². The number of rotatable bonds is 6. The highest BCUT2D eigenvalue weighted by Crippen LogP contribution is 2.37. The van der Waals surface area contributed by atoms with Crippen molar-refractivity contribution in [3.63, 3.8) is 0 Å². The quantitative estimate of drug-likeness (QED) is 0.833. The molecule has 0 aliphatic heterocycles. The van der Waals surface area contributed by atoms with Gasteiger partial charge >= 0.3 is 5.97 Å². The van der Waals surface area contributed by atoms with E-state index in [9.17, 15) is 13.2 Å². The molecule has 0 radical (unpaired) electrons. The summed E-state index contributed by atoms with van der Waals surface area (Å²) in [4.78, 5) is 11.0. The molecule has 7 heteroatoms. The van der Waals surface area contributed by atoms with Crippen molar-refractivity contribution in [1.82, 2.24) is 4.72 Å². The average Bonchev–Trinajstić information content (AvgIpc) is 2.35. The molecule has 0 unspecified atom stereocenters. The summed E-state index contributed by atoms with van der Waals surface area (Å²) in [6.07, 6.45) is 1.68. The van der Waals surface area contributed by atoms with Gasteiger partial charge in [0.1, 0.15) is 10.6 Å². The summed E-state index contributed by atoms with van der Waals surface area (Å²) < 4.78 is 32.8. The van der Waals surface area contributed by atoms with Gasteiger partial charge in [-0.2, -0.15) is 0 Å². The van der Waals surface area contributed by atoms with Gasteiger partial charge in [-0.15, -0.1) is 0 Å². The highest BCUT2D eigenvalue weighted by atomic mass is 32.2. The Morgan fingerprint density at radius 2 is 2.10 bits per heavy atom. The van der Waals surface area contributed by atoms with Crippen molar-refractivity contribution in [2.24, 2.45) is 0 Å². The molecule has 6 nitrogen and oxygen atoms in total. The Balaban J connectivity index is 2.34. The molecule has 0 aromatic heterocycles. The van der Waals surface area contributed by atoms with Crippen LogP contribution in [0.4, 0.5) is 0 Å². The van der Waals surface area contributed by atoms with Crippen molar-refractivity contribution in [1.29, 1.82) is 0 Å². The number of hydrogen-bond donors (Lipinski definition) is 2. The van der Waals surface area contributed by atoms with Gasteiger partial charge in [0.15, 0.2) is 0 Å². The molecule has 0 spiro atoms. The minimum Gasteiger partial charge on any atom is -0.495 e. The van der Waals surface area contributed by atoms with E-state index >= 15 is 0 Å². The van der Waals surface area contributed by atoms with E-state index in [1.165, 1.54) is 13.2 Å². The second-order valence-electron chi connectivity index (χ2n) is 5.46. The fourth-order valence-electron chi connectivity index (χ4n) is 2.54. The molecule has 1 saturated carbocycles. The number of carboxylic acids is 1. The molecule has 0 heterocycles. The molecule has 2 N–H and O–H groups in total. The van der Waals surface area contributed by atoms with Crippen LogP contribution < -0.4 is 9.46 Å². The van der Waals surface area contributed by atoms with Crippen molar-refractivity contribution in [3.8, 4) is 5.75 Å². The summed E-state index contributed by atoms with van der Waals surface area (Å²) in [5, 5.41) is 8.97. The van der Waals surface area contributed by atoms with Crippen LogP contribution >= 0.6 is 0 Å². The van der Waals surface area contributed by atoms with Gasteiger partial charge < -0.3 is 9.84 Å². The number of aliphatic carboxylic acids is 1. The van der Waals surface area contributed by atoms with Crippen LogP contribution in [0.25, 0.3) is 0 Å². The van der Waals surface area contributed by atoms with Crippen molar-refractivity contribution < 1.29 is 23.1 Å². The molecule has 0 saturated heterocycles. The first kappa shape index (κ1) is 15.8. The highest BCUT2D eigenvalue weighted by molar-refractivity contribution is 7.89. The predicted octanol–water partition coefficient (Wildman–Crippen LogP) is 1.68. The minimum absolute atomic E-state index is 0.0432. The van der Waals surface area contributed by atoms with Crippen molar-refractivity contribution in [3.05, 3.63) is 23.8 Å². The molecular weight excluding hydrogens is 294 g/mol. The Kier molecular flexibility index (Phi) is 4.25. The monoisotopic (exact) mass is 313 g/mol. The van der Waals surface area contributed by atoms with Crippen LogP contribution in [0.5, 0.6) is 5.75 Å². The van der Waals surface area contributed by atoms with Crippen LogP contribution in [0.2, 0.25) is 0 Å². The molecule has 1 aromatic rings. The third-order valence-corrected chi connectivity index (χ3v) is 5.36. The van der Waals surface area contributed by atoms with Crippen molar-refractivity contribution in [2.75, 3.05) is 7.11 Å². The van der Waals surface area contributed by atoms with Gasteiger partial charge in [0.25, 0.3) is 0 Å². The van der Waals surface area contributed by atoms with Crippen molar-refractivity contribution >= 4 is 16.0 Å². The maximum Gasteiger partial charge on any atom is 0.305 e. The van der Waals surface area contributed by atoms with E-state index in [-0.39, 0.29) is 17.1 Å². The lowest BCUT2D eigenvalue weighted by Gasteiger charge is -2.41. The maximum absolute atomic E-state index is 12.6. The maximum atomic E-state index is 12.6. The minimum atomic E-state index is -3.83. The molecule has 1 aromatic carbocycles. The van der Waals surface area contributed by atoms with Gasteiger partial charge in [-0.05, 0) is 43.9 Å². The van der Waals surface area contributed by atoms with Gasteiger partial charge in [0.2, 0.25) is 10.0 Å². The summed E-state index contributed by atoms with van der Waals surface area (Å²) in [6.45, 7) is 1.79. The zero-order valence-corrected chi connectivity index (χ0v) is 12.9. The average molecular weight is 313 g/mol. The lowest BCUT2D eigenvalue weighted by molar-refractivity contribution is -0.139. The first-order valence-electron chi connectivity index (χ1n) is 6.68. The largest absolute Gasteiger partial charge is 0.495 e. The fourth-order valence-corrected chi connectivity index (χ4v) is 4.26. The highest BCUT2D eigenvalue weighted by Gasteiger charge is 2.43. The van der Waals surface area contributed by atoms with Gasteiger partial charge in [-0.3, -0.25) is 4.79 Å². The second-order valence-corrected chi connectivity index (χ2v) is 7.12. The second kappa shape index (κ2) is 5.65. The number of sulfonamides is 1. The van der Waals surface area contributed by atoms with E-state index < -0.39 is 21.5 Å². The van der Waals surface area contributed by atoms with Gasteiger partial charge in [0.05, 0.1) is 13.5 Å². The summed E-state index contributed by atoms with van der Waals surface area (Å²) >= 11 is 0. The predicted molar refractivity (Wildman–Crippen MR) is 76.9 cm³/mol. The van der Waals surface area contributed by atoms with Crippen LogP contribution in [-0.4, -0.2) is 32.1 Å². The molecule has 21 heavy (non-hydrogen) atoms. The fraction of sp³-hybridized carbons (Fsp3) is 0.500. The van der Waals surface area contributed by atoms with Crippen LogP contribution in [-0.2, 0) is 14.8 Å². The summed E-state index contributed by atoms with van der Waals surface area (Å²) in [5.74, 6) is -0.758. The third-order valence-electron chi connectivity index (χ3n) is 3.76. The number of carboxylic acid groups (broad SMARTS) is 1. The van der Waals surface area contributed by atoms with E-state index in [0.29, 0.717) is 12.8 Å². The summed E-state index contributed by atoms with van der Waals surface area (Å²) in [7, 11) is -2.43. The molecule has 0 bridgehead atoms. The lowest BCUT2D eigenvalue weighted by atomic mass is 9.75. The molecule has 116 valence electrons. The Bertz CT molecular complexity index is 649. The topological polar surface area (TPSA) is 92.7 Å². The van der Waals surface area contributed by atoms with E-state index in [0.717, 1.165) is 12.0 Å². The number of ether oxygens (including phenoxy) is 1. The van der Waals surface area contributed by atoms with E-state index in [1.807, 2.05) is 0 Å². The summed E-state index contributed by atoms with van der Waals surface area (Å²) in [6, 6.07) is 4.87. The number of carbonyl (C=O) groups is 1. The number of methoxy groups -OCH3 is 1. The molecule has 0 amide bonds. The Morgan fingerprint density at radius 3 is 2.57 bits per heavy atom. The number of hydrogen-bond acceptors (Lipinski definition) is 4. The molecule has 1 fully saturated rings. The van der Waals surface area contributed by atoms with Crippen LogP contribution in [0.1, 0.15) is 31.2 Å². The van der Waals surface area contributed by atoms with Crippen LogP contribution in [0.3, 0.4) is 0 Å². The first-order chi connectivity index (χ1) is 9.78. The molecule has 1 aliphatic carbocycles. The standard InChI is InChI=1S/C14H19NO5S/c1-10-4-5-11(20-2)12(8-10)21(18,19)15-14(6-3-7-14)9-13(16)17/h4-5,8,15H,3,6-7,9H2,1-2H3,(H,16,17). The normalized spacial score (nSPS) is 17.0. The Labute approximate surface area is 124 Å². The van der Waals surface area contributed by atoms with E-state index in [4.69, 9.17) is 9.84 Å². The lowest BCUT2D eigenvalue weighted by Crippen LogP contribution is -2.54. The van der Waals surface area contributed by atoms with Gasteiger partial charge in [0, 0.05) is 5.54 Å². The number of nitrogens with one attached hydrogen (secondary N) is 1. The third kappa shape index (κ3) is 3.36. The Morgan fingerprint density at radius 1 is 1.43 bits per heavy atom. The van der Waals surface area contributed by atoms with Crippen molar-refractivity contribution in [2.45, 2.75) is 43.0 Å². The molecule has 1 aliphatic rings. The number of benzene rings is 1. The molecule has 2 rings (SSSR count). The molecule has 0 atom stereocenters. The SMILES string of the molecule is COc1ccc(C)cc1S(=O)(=O)NC1(CC(=O)O)CCC1. The number of aryl methyl sites for hydroxylation is 1.